The van der Waals surface area contributed by atoms with E-state index in [1.807, 2.05) is 0 Å². The van der Waals surface area contributed by atoms with Crippen molar-refractivity contribution in [2.24, 2.45) is 0 Å². The number of nitrogens with one attached hydrogen (secondary N) is 2. The molecule has 14 heteroatoms. The highest BCUT2D eigenvalue weighted by atomic mass is 32.3. The van der Waals surface area contributed by atoms with Gasteiger partial charge in [-0.15, -0.1) is 4.28 Å². The number of likely N-dealkylation sites (N-methyl/N-ethyl adjacent to an activating group) is 1. The topological polar surface area (TPSA) is 144 Å². The third-order valence-electron chi connectivity index (χ3n) is 6.51. The molecule has 176 valence electrons. The van der Waals surface area contributed by atoms with Crippen LogP contribution in [-0.4, -0.2) is 122 Å². The fourth-order valence-electron chi connectivity index (χ4n) is 4.78. The van der Waals surface area contributed by atoms with E-state index in [-0.39, 0.29) is 12.6 Å². The maximum absolute atomic E-state index is 12.5. The fourth-order valence-corrected chi connectivity index (χ4v) is 5.16. The Hall–Kier alpha value is -1.55. The second kappa shape index (κ2) is 9.13. The molecule has 0 aromatic heterocycles. The lowest BCUT2D eigenvalue weighted by Crippen LogP contribution is -2.50. The Bertz CT molecular complexity index is 790. The lowest BCUT2D eigenvalue weighted by molar-refractivity contribution is -0.139. The van der Waals surface area contributed by atoms with Gasteiger partial charge in [0, 0.05) is 51.4 Å². The summed E-state index contributed by atoms with van der Waals surface area (Å²) in [7, 11) is -2.69. The number of piperidine rings is 1. The average Bonchev–Trinajstić information content (AvgIpc) is 3.27. The first-order valence-electron chi connectivity index (χ1n) is 10.6. The van der Waals surface area contributed by atoms with Crippen molar-refractivity contribution in [3.63, 3.8) is 0 Å². The molecule has 4 aliphatic rings. The van der Waals surface area contributed by atoms with E-state index in [0.29, 0.717) is 30.6 Å². The van der Waals surface area contributed by atoms with Crippen LogP contribution in [0.4, 0.5) is 4.79 Å². The Kier molecular flexibility index (Phi) is 6.67. The maximum atomic E-state index is 12.5. The van der Waals surface area contributed by atoms with Crippen LogP contribution < -0.4 is 10.8 Å². The first-order valence-corrected chi connectivity index (χ1v) is 11.9. The van der Waals surface area contributed by atoms with Gasteiger partial charge in [-0.25, -0.2) is 10.3 Å². The van der Waals surface area contributed by atoms with E-state index in [1.165, 1.54) is 4.90 Å². The van der Waals surface area contributed by atoms with Crippen molar-refractivity contribution in [1.29, 1.82) is 0 Å². The second-order valence-corrected chi connectivity index (χ2v) is 9.63. The molecule has 0 radical (unpaired) electrons. The fraction of sp³-hybridized carbons (Fsp3) is 0.882. The average molecular weight is 463 g/mol. The van der Waals surface area contributed by atoms with Gasteiger partial charge >= 0.3 is 16.4 Å². The molecular formula is C17H30N6O7S. The van der Waals surface area contributed by atoms with E-state index in [4.69, 9.17) is 9.39 Å². The molecular weight excluding hydrogens is 432 g/mol. The highest BCUT2D eigenvalue weighted by molar-refractivity contribution is 7.80. The summed E-state index contributed by atoms with van der Waals surface area (Å²) < 4.78 is 35.1. The van der Waals surface area contributed by atoms with Crippen LogP contribution in [0.5, 0.6) is 0 Å². The van der Waals surface area contributed by atoms with Gasteiger partial charge in [-0.3, -0.25) is 19.1 Å². The predicted molar refractivity (Wildman–Crippen MR) is 107 cm³/mol. The van der Waals surface area contributed by atoms with Crippen LogP contribution in [0.3, 0.4) is 0 Å². The van der Waals surface area contributed by atoms with Crippen LogP contribution in [0.1, 0.15) is 19.3 Å². The van der Waals surface area contributed by atoms with Crippen molar-refractivity contribution in [2.75, 3.05) is 52.9 Å². The number of rotatable bonds is 7. The van der Waals surface area contributed by atoms with Crippen molar-refractivity contribution < 1.29 is 31.7 Å². The molecule has 4 atom stereocenters. The first-order chi connectivity index (χ1) is 14.7. The monoisotopic (exact) mass is 462 g/mol. The van der Waals surface area contributed by atoms with Crippen LogP contribution in [0.15, 0.2) is 0 Å². The van der Waals surface area contributed by atoms with E-state index in [2.05, 4.69) is 31.9 Å². The molecule has 3 N–H and O–H groups in total. The zero-order chi connectivity index (χ0) is 22.2. The number of fused-ring (bicyclic) bond motifs is 2. The Balaban J connectivity index is 1.21. The molecule has 31 heavy (non-hydrogen) atoms. The van der Waals surface area contributed by atoms with Gasteiger partial charge in [0.25, 0.3) is 5.91 Å². The maximum Gasteiger partial charge on any atom is 0.418 e. The molecule has 0 aromatic rings. The summed E-state index contributed by atoms with van der Waals surface area (Å²) in [6, 6.07) is -1.49. The van der Waals surface area contributed by atoms with Crippen molar-refractivity contribution in [2.45, 2.75) is 43.4 Å². The van der Waals surface area contributed by atoms with Crippen LogP contribution in [0.25, 0.3) is 0 Å². The Labute approximate surface area is 181 Å². The van der Waals surface area contributed by atoms with Crippen molar-refractivity contribution in [1.82, 2.24) is 30.6 Å². The summed E-state index contributed by atoms with van der Waals surface area (Å²) >= 11 is 0. The normalized spacial score (nSPS) is 32.6. The molecule has 0 unspecified atom stereocenters. The van der Waals surface area contributed by atoms with Gasteiger partial charge in [-0.2, -0.15) is 13.5 Å². The SMILES string of the molecule is CN1CCN([C@@H]2CN[C@@H](CONC(=O)[C@@H]3CC[C@@H]4CN3C(=O)N4OS(=O)(=O)O)C2)CC1. The van der Waals surface area contributed by atoms with Gasteiger partial charge in [0.15, 0.2) is 0 Å². The second-order valence-electron chi connectivity index (χ2n) is 8.62. The molecule has 0 aliphatic carbocycles. The molecule has 4 heterocycles. The number of carbonyl (C=O) groups is 2. The molecule has 4 fully saturated rings. The lowest BCUT2D eigenvalue weighted by Gasteiger charge is -2.36. The van der Waals surface area contributed by atoms with E-state index in [9.17, 15) is 18.0 Å². The van der Waals surface area contributed by atoms with Gasteiger partial charge in [0.2, 0.25) is 0 Å². The van der Waals surface area contributed by atoms with E-state index < -0.39 is 34.4 Å². The van der Waals surface area contributed by atoms with Gasteiger partial charge in [0.1, 0.15) is 6.04 Å². The summed E-state index contributed by atoms with van der Waals surface area (Å²) in [5, 5.41) is 4.05. The van der Waals surface area contributed by atoms with Gasteiger partial charge in [0.05, 0.1) is 12.6 Å². The molecule has 0 aromatic carbocycles. The zero-order valence-corrected chi connectivity index (χ0v) is 18.3. The third-order valence-corrected chi connectivity index (χ3v) is 6.86. The highest BCUT2D eigenvalue weighted by Crippen LogP contribution is 2.30. The van der Waals surface area contributed by atoms with E-state index >= 15 is 0 Å². The Morgan fingerprint density at radius 1 is 1.23 bits per heavy atom. The first kappa shape index (κ1) is 22.6. The largest absolute Gasteiger partial charge is 0.418 e. The minimum atomic E-state index is -4.82. The van der Waals surface area contributed by atoms with Crippen molar-refractivity contribution in [3.05, 3.63) is 0 Å². The highest BCUT2D eigenvalue weighted by Gasteiger charge is 2.49. The van der Waals surface area contributed by atoms with Gasteiger partial charge < -0.3 is 15.1 Å². The van der Waals surface area contributed by atoms with Crippen molar-refractivity contribution in [3.8, 4) is 0 Å². The molecule has 2 bridgehead atoms. The molecule has 0 saturated carbocycles. The molecule has 3 amide bonds. The molecule has 4 saturated heterocycles. The lowest BCUT2D eigenvalue weighted by atomic mass is 10.0. The molecule has 13 nitrogen and oxygen atoms in total. The van der Waals surface area contributed by atoms with E-state index in [1.54, 1.807) is 0 Å². The standard InChI is InChI=1S/C17H30N6O7S/c1-20-4-6-21(7-5-20)14-8-12(18-9-14)11-29-19-16(24)15-3-2-13-10-22(15)17(25)23(13)30-31(26,27)28/h12-15,18H,2-11H2,1H3,(H,19,24)(H,26,27,28)/t12-,13-,14+,15+/m1/s1. The summed E-state index contributed by atoms with van der Waals surface area (Å²) in [5.74, 6) is -0.464. The number of hydrogen-bond donors (Lipinski definition) is 3. The predicted octanol–water partition coefficient (Wildman–Crippen LogP) is -1.98. The summed E-state index contributed by atoms with van der Waals surface area (Å²) in [6.07, 6.45) is 1.65. The minimum absolute atomic E-state index is 0.132. The molecule has 4 rings (SSSR count). The van der Waals surface area contributed by atoms with Gasteiger partial charge in [-0.05, 0) is 26.3 Å². The number of piperazine rings is 1. The van der Waals surface area contributed by atoms with Crippen LogP contribution in [0, 0.1) is 0 Å². The summed E-state index contributed by atoms with van der Waals surface area (Å²) in [4.78, 5) is 36.4. The number of amides is 3. The number of carbonyl (C=O) groups excluding carboxylic acids is 2. The van der Waals surface area contributed by atoms with Crippen LogP contribution in [0.2, 0.25) is 0 Å². The summed E-state index contributed by atoms with van der Waals surface area (Å²) in [5.41, 5.74) is 2.43. The molecule has 4 aliphatic heterocycles. The van der Waals surface area contributed by atoms with Crippen LogP contribution in [-0.2, 0) is 24.3 Å². The zero-order valence-electron chi connectivity index (χ0n) is 17.5. The number of urea groups is 1. The third kappa shape index (κ3) is 5.27. The molecule has 0 spiro atoms. The Morgan fingerprint density at radius 3 is 2.68 bits per heavy atom. The smallest absolute Gasteiger partial charge is 0.310 e. The van der Waals surface area contributed by atoms with Crippen LogP contribution >= 0.6 is 0 Å². The summed E-state index contributed by atoms with van der Waals surface area (Å²) in [6.45, 7) is 5.59. The number of hydrogen-bond acceptors (Lipinski definition) is 9. The van der Waals surface area contributed by atoms with Crippen molar-refractivity contribution >= 4 is 22.3 Å². The number of hydroxylamine groups is 3. The number of nitrogens with zero attached hydrogens (tertiary/aromatic N) is 4. The van der Waals surface area contributed by atoms with Gasteiger partial charge in [-0.1, -0.05) is 0 Å². The Morgan fingerprint density at radius 2 is 1.97 bits per heavy atom. The quantitative estimate of drug-likeness (QED) is 0.287. The van der Waals surface area contributed by atoms with E-state index in [0.717, 1.165) is 39.1 Å². The minimum Gasteiger partial charge on any atom is -0.310 e.